The van der Waals surface area contributed by atoms with E-state index in [9.17, 15) is 4.79 Å². The van der Waals surface area contributed by atoms with Crippen LogP contribution < -0.4 is 5.32 Å². The molecule has 2 rings (SSSR count). The molecule has 3 heteroatoms. The molecule has 0 amide bonds. The third-order valence-electron chi connectivity index (χ3n) is 3.87. The summed E-state index contributed by atoms with van der Waals surface area (Å²) in [5.41, 5.74) is 1.61. The summed E-state index contributed by atoms with van der Waals surface area (Å²) in [6.45, 7) is 6.92. The van der Waals surface area contributed by atoms with Crippen molar-refractivity contribution in [1.29, 1.82) is 0 Å². The lowest BCUT2D eigenvalue weighted by Crippen LogP contribution is -2.35. The van der Waals surface area contributed by atoms with Crippen LogP contribution >= 0.6 is 0 Å². The Hall–Kier alpha value is -1.51. The monoisotopic (exact) mass is 261 g/mol. The summed E-state index contributed by atoms with van der Waals surface area (Å²) in [6, 6.07) is 7.51. The highest BCUT2D eigenvalue weighted by molar-refractivity contribution is 5.88. The zero-order valence-electron chi connectivity index (χ0n) is 11.9. The molecule has 104 valence electrons. The van der Waals surface area contributed by atoms with Gasteiger partial charge in [-0.2, -0.15) is 0 Å². The van der Waals surface area contributed by atoms with Crippen LogP contribution in [-0.4, -0.2) is 17.1 Å². The highest BCUT2D eigenvalue weighted by atomic mass is 16.4. The topological polar surface area (TPSA) is 49.3 Å². The Morgan fingerprint density at radius 2 is 2.11 bits per heavy atom. The zero-order chi connectivity index (χ0) is 14.0. The Morgan fingerprint density at radius 1 is 1.37 bits per heavy atom. The molecule has 1 aromatic rings. The second-order valence-corrected chi connectivity index (χ2v) is 6.64. The van der Waals surface area contributed by atoms with Gasteiger partial charge in [0.05, 0.1) is 5.56 Å². The molecule has 0 saturated heterocycles. The maximum absolute atomic E-state index is 11.0. The molecule has 3 nitrogen and oxygen atoms in total. The fourth-order valence-corrected chi connectivity index (χ4v) is 3.43. The van der Waals surface area contributed by atoms with E-state index in [1.807, 2.05) is 6.07 Å². The van der Waals surface area contributed by atoms with Crippen LogP contribution in [0.1, 0.15) is 50.4 Å². The molecule has 19 heavy (non-hydrogen) atoms. The van der Waals surface area contributed by atoms with Crippen molar-refractivity contribution in [1.82, 2.24) is 0 Å². The molecule has 0 spiro atoms. The lowest BCUT2D eigenvalue weighted by atomic mass is 9.70. The predicted molar refractivity (Wildman–Crippen MR) is 77.6 cm³/mol. The predicted octanol–water partition coefficient (Wildman–Crippen LogP) is 4.01. The van der Waals surface area contributed by atoms with Gasteiger partial charge < -0.3 is 10.4 Å². The number of carbonyl (C=O) groups is 1. The van der Waals surface area contributed by atoms with Crippen LogP contribution in [0.15, 0.2) is 24.3 Å². The normalized spacial score (nSPS) is 25.8. The summed E-state index contributed by atoms with van der Waals surface area (Å²) in [7, 11) is 0. The first-order valence-corrected chi connectivity index (χ1v) is 6.96. The van der Waals surface area contributed by atoms with Crippen LogP contribution in [0.25, 0.3) is 0 Å². The van der Waals surface area contributed by atoms with Crippen LogP contribution in [-0.2, 0) is 0 Å². The van der Waals surface area contributed by atoms with Crippen molar-refractivity contribution >= 4 is 11.7 Å². The Balaban J connectivity index is 2.08. The number of nitrogens with one attached hydrogen (secondary N) is 1. The van der Waals surface area contributed by atoms with E-state index in [1.165, 1.54) is 6.42 Å². The van der Waals surface area contributed by atoms with Gasteiger partial charge in [0.15, 0.2) is 0 Å². The molecule has 2 atom stereocenters. The van der Waals surface area contributed by atoms with Crippen LogP contribution in [0.2, 0.25) is 0 Å². The maximum atomic E-state index is 11.0. The molecular weight excluding hydrogens is 238 g/mol. The summed E-state index contributed by atoms with van der Waals surface area (Å²) in [5.74, 6) is -0.162. The molecule has 1 fully saturated rings. The summed E-state index contributed by atoms with van der Waals surface area (Å²) >= 11 is 0. The van der Waals surface area contributed by atoms with Crippen molar-refractivity contribution in [2.75, 3.05) is 5.32 Å². The fourth-order valence-electron chi connectivity index (χ4n) is 3.43. The van der Waals surface area contributed by atoms with E-state index < -0.39 is 5.97 Å². The summed E-state index contributed by atoms with van der Waals surface area (Å²) in [5, 5.41) is 12.5. The van der Waals surface area contributed by atoms with Gasteiger partial charge in [0.1, 0.15) is 0 Å². The van der Waals surface area contributed by atoms with Gasteiger partial charge in [0.25, 0.3) is 0 Å². The molecule has 0 radical (unpaired) electrons. The van der Waals surface area contributed by atoms with Crippen molar-refractivity contribution in [3.8, 4) is 0 Å². The molecule has 1 aliphatic rings. The first kappa shape index (κ1) is 13.9. The fraction of sp³-hybridized carbons (Fsp3) is 0.562. The van der Waals surface area contributed by atoms with Gasteiger partial charge in [-0.1, -0.05) is 26.8 Å². The minimum atomic E-state index is -0.874. The van der Waals surface area contributed by atoms with Crippen molar-refractivity contribution in [2.45, 2.75) is 46.1 Å². The summed E-state index contributed by atoms with van der Waals surface area (Å²) in [6.07, 6.45) is 3.55. The second-order valence-electron chi connectivity index (χ2n) is 6.64. The number of carboxylic acids is 1. The highest BCUT2D eigenvalue weighted by Crippen LogP contribution is 2.39. The largest absolute Gasteiger partial charge is 0.478 e. The Bertz CT molecular complexity index is 468. The van der Waals surface area contributed by atoms with Crippen LogP contribution in [0.3, 0.4) is 0 Å². The lowest BCUT2D eigenvalue weighted by Gasteiger charge is -2.39. The average Bonchev–Trinajstić information content (AvgIpc) is 2.26. The number of carboxylic acid groups (broad SMARTS) is 1. The average molecular weight is 261 g/mol. The van der Waals surface area contributed by atoms with Crippen LogP contribution in [0, 0.1) is 11.3 Å². The highest BCUT2D eigenvalue weighted by Gasteiger charge is 2.31. The Kier molecular flexibility index (Phi) is 3.83. The maximum Gasteiger partial charge on any atom is 0.335 e. The molecule has 0 heterocycles. The van der Waals surface area contributed by atoms with Crippen LogP contribution in [0.5, 0.6) is 0 Å². The molecule has 2 unspecified atom stereocenters. The molecular formula is C16H23NO2. The first-order chi connectivity index (χ1) is 8.85. The zero-order valence-corrected chi connectivity index (χ0v) is 11.9. The van der Waals surface area contributed by atoms with Gasteiger partial charge in [-0.05, 0) is 48.8 Å². The standard InChI is InChI=1S/C16H23NO2/c1-11-7-14(10-16(2,3)9-11)17-13-6-4-5-12(8-13)15(18)19/h4-6,8,11,14,17H,7,9-10H2,1-3H3,(H,18,19). The van der Waals surface area contributed by atoms with Gasteiger partial charge in [-0.15, -0.1) is 0 Å². The van der Waals surface area contributed by atoms with Gasteiger partial charge in [0.2, 0.25) is 0 Å². The molecule has 0 aliphatic heterocycles. The third-order valence-corrected chi connectivity index (χ3v) is 3.87. The van der Waals surface area contributed by atoms with E-state index >= 15 is 0 Å². The van der Waals surface area contributed by atoms with E-state index in [1.54, 1.807) is 18.2 Å². The molecule has 1 aromatic carbocycles. The van der Waals surface area contributed by atoms with E-state index in [-0.39, 0.29) is 0 Å². The van der Waals surface area contributed by atoms with Gasteiger partial charge in [-0.3, -0.25) is 0 Å². The smallest absolute Gasteiger partial charge is 0.335 e. The quantitative estimate of drug-likeness (QED) is 0.864. The summed E-state index contributed by atoms with van der Waals surface area (Å²) < 4.78 is 0. The minimum Gasteiger partial charge on any atom is -0.478 e. The lowest BCUT2D eigenvalue weighted by molar-refractivity contribution is 0.0697. The van der Waals surface area contributed by atoms with Crippen molar-refractivity contribution in [3.63, 3.8) is 0 Å². The number of hydrogen-bond donors (Lipinski definition) is 2. The SMILES string of the molecule is CC1CC(Nc2cccc(C(=O)O)c2)CC(C)(C)C1. The van der Waals surface area contributed by atoms with E-state index in [0.717, 1.165) is 18.5 Å². The number of benzene rings is 1. The molecule has 2 N–H and O–H groups in total. The van der Waals surface area contributed by atoms with Crippen molar-refractivity contribution in [3.05, 3.63) is 29.8 Å². The van der Waals surface area contributed by atoms with E-state index in [0.29, 0.717) is 22.9 Å². The van der Waals surface area contributed by atoms with E-state index in [4.69, 9.17) is 5.11 Å². The Labute approximate surface area is 115 Å². The van der Waals surface area contributed by atoms with Gasteiger partial charge in [-0.25, -0.2) is 4.79 Å². The van der Waals surface area contributed by atoms with Crippen molar-refractivity contribution < 1.29 is 9.90 Å². The molecule has 0 aromatic heterocycles. The molecule has 0 bridgehead atoms. The van der Waals surface area contributed by atoms with Crippen LogP contribution in [0.4, 0.5) is 5.69 Å². The molecule has 1 aliphatic carbocycles. The third kappa shape index (κ3) is 3.72. The number of aromatic carboxylic acids is 1. The number of hydrogen-bond acceptors (Lipinski definition) is 2. The number of anilines is 1. The van der Waals surface area contributed by atoms with E-state index in [2.05, 4.69) is 26.1 Å². The Morgan fingerprint density at radius 3 is 2.74 bits per heavy atom. The van der Waals surface area contributed by atoms with Crippen molar-refractivity contribution in [2.24, 2.45) is 11.3 Å². The van der Waals surface area contributed by atoms with Gasteiger partial charge >= 0.3 is 5.97 Å². The first-order valence-electron chi connectivity index (χ1n) is 6.96. The summed E-state index contributed by atoms with van der Waals surface area (Å²) in [4.78, 5) is 11.0. The number of rotatable bonds is 3. The van der Waals surface area contributed by atoms with Gasteiger partial charge in [0, 0.05) is 11.7 Å². The molecule has 1 saturated carbocycles. The minimum absolute atomic E-state index is 0.341. The second kappa shape index (κ2) is 5.24.